The quantitative estimate of drug-likeness (QED) is 0.318. The summed E-state index contributed by atoms with van der Waals surface area (Å²) in [4.78, 5) is 14.1. The molecule has 3 N–H and O–H groups in total. The molecule has 35 heavy (non-hydrogen) atoms. The Morgan fingerprint density at radius 2 is 1.80 bits per heavy atom. The number of hydrogen-bond acceptors (Lipinski definition) is 6. The molecular weight excluding hydrogens is 436 g/mol. The van der Waals surface area contributed by atoms with Gasteiger partial charge >= 0.3 is 0 Å². The minimum atomic E-state index is 0.462. The molecule has 0 spiro atoms. The van der Waals surface area contributed by atoms with Crippen LogP contribution in [-0.4, -0.2) is 25.9 Å². The molecule has 1 aliphatic rings. The van der Waals surface area contributed by atoms with Crippen molar-refractivity contribution < 1.29 is 4.74 Å². The number of pyridine rings is 1. The van der Waals surface area contributed by atoms with E-state index in [4.69, 9.17) is 20.4 Å². The SMILES string of the molecule is NCC1CCC(c2ncc3c(Nc4ccc5ccc(Oc6ccccc6)nc5c4)nccn23)CC1. The topological polar surface area (TPSA) is 90.4 Å². The van der Waals surface area contributed by atoms with Crippen molar-refractivity contribution in [3.8, 4) is 11.6 Å². The molecule has 0 bridgehead atoms. The van der Waals surface area contributed by atoms with Crippen LogP contribution in [0, 0.1) is 5.92 Å². The van der Waals surface area contributed by atoms with Crippen LogP contribution in [0.3, 0.4) is 0 Å². The van der Waals surface area contributed by atoms with Crippen LogP contribution in [0.15, 0.2) is 79.3 Å². The highest BCUT2D eigenvalue weighted by Gasteiger charge is 2.25. The third-order valence-corrected chi connectivity index (χ3v) is 6.93. The number of nitrogens with two attached hydrogens (primary N) is 1. The summed E-state index contributed by atoms with van der Waals surface area (Å²) in [6.07, 6.45) is 10.4. The van der Waals surface area contributed by atoms with Gasteiger partial charge in [-0.05, 0) is 68.5 Å². The maximum atomic E-state index is 5.91. The van der Waals surface area contributed by atoms with Gasteiger partial charge in [-0.2, -0.15) is 0 Å². The van der Waals surface area contributed by atoms with Crippen molar-refractivity contribution in [2.75, 3.05) is 11.9 Å². The summed E-state index contributed by atoms with van der Waals surface area (Å²) < 4.78 is 8.09. The maximum absolute atomic E-state index is 5.91. The normalized spacial score (nSPS) is 18.1. The standard InChI is InChI=1S/C28H28N6O/c29-17-19-6-8-21(9-7-19)28-31-18-25-27(30-14-15-34(25)28)32-22-12-10-20-11-13-26(33-24(20)16-22)35-23-4-2-1-3-5-23/h1-5,10-16,18-19,21H,6-9,17,29H2,(H,30,32). The number of imidazole rings is 1. The lowest BCUT2D eigenvalue weighted by Gasteiger charge is -2.26. The highest BCUT2D eigenvalue weighted by atomic mass is 16.5. The second-order valence-electron chi connectivity index (χ2n) is 9.20. The summed E-state index contributed by atoms with van der Waals surface area (Å²) in [7, 11) is 0. The van der Waals surface area contributed by atoms with E-state index in [2.05, 4.69) is 20.8 Å². The van der Waals surface area contributed by atoms with Gasteiger partial charge in [-0.25, -0.2) is 15.0 Å². The van der Waals surface area contributed by atoms with E-state index in [9.17, 15) is 0 Å². The summed E-state index contributed by atoms with van der Waals surface area (Å²) in [6.45, 7) is 0.785. The molecule has 6 rings (SSSR count). The molecule has 2 aromatic carbocycles. The Morgan fingerprint density at radius 3 is 2.63 bits per heavy atom. The lowest BCUT2D eigenvalue weighted by atomic mass is 9.81. The number of benzene rings is 2. The highest BCUT2D eigenvalue weighted by molar-refractivity contribution is 5.84. The highest BCUT2D eigenvalue weighted by Crippen LogP contribution is 2.36. The van der Waals surface area contributed by atoms with Crippen molar-refractivity contribution in [1.82, 2.24) is 19.4 Å². The zero-order chi connectivity index (χ0) is 23.6. The Labute approximate surface area is 204 Å². The van der Waals surface area contributed by atoms with E-state index in [1.807, 2.05) is 73.2 Å². The van der Waals surface area contributed by atoms with E-state index in [0.29, 0.717) is 17.7 Å². The van der Waals surface area contributed by atoms with Gasteiger partial charge in [0.25, 0.3) is 0 Å². The lowest BCUT2D eigenvalue weighted by Crippen LogP contribution is -2.21. The molecule has 3 heterocycles. The lowest BCUT2D eigenvalue weighted by molar-refractivity contribution is 0.325. The number of aromatic nitrogens is 4. The Balaban J connectivity index is 1.26. The molecular formula is C28H28N6O. The first-order valence-electron chi connectivity index (χ1n) is 12.2. The molecule has 0 radical (unpaired) electrons. The second-order valence-corrected chi connectivity index (χ2v) is 9.20. The van der Waals surface area contributed by atoms with Gasteiger partial charge in [0, 0.05) is 35.5 Å². The summed E-state index contributed by atoms with van der Waals surface area (Å²) in [5.74, 6) is 4.32. The van der Waals surface area contributed by atoms with Crippen molar-refractivity contribution >= 4 is 27.9 Å². The van der Waals surface area contributed by atoms with Crippen LogP contribution >= 0.6 is 0 Å². The number of nitrogens with zero attached hydrogens (tertiary/aromatic N) is 4. The molecule has 7 heteroatoms. The van der Waals surface area contributed by atoms with Crippen LogP contribution in [0.2, 0.25) is 0 Å². The van der Waals surface area contributed by atoms with Gasteiger partial charge in [-0.3, -0.25) is 4.40 Å². The summed E-state index contributed by atoms with van der Waals surface area (Å²) >= 11 is 0. The fourth-order valence-electron chi connectivity index (χ4n) is 4.98. The van der Waals surface area contributed by atoms with Crippen molar-refractivity contribution in [3.05, 3.63) is 85.1 Å². The number of nitrogens with one attached hydrogen (secondary N) is 1. The van der Waals surface area contributed by atoms with Crippen LogP contribution in [0.4, 0.5) is 11.5 Å². The number of hydrogen-bond donors (Lipinski definition) is 2. The molecule has 1 saturated carbocycles. The van der Waals surface area contributed by atoms with Gasteiger partial charge in [0.2, 0.25) is 5.88 Å². The van der Waals surface area contributed by atoms with Gasteiger partial charge in [-0.15, -0.1) is 0 Å². The van der Waals surface area contributed by atoms with Crippen molar-refractivity contribution in [1.29, 1.82) is 0 Å². The molecule has 5 aromatic rings. The first-order valence-corrected chi connectivity index (χ1v) is 12.2. The Hall–Kier alpha value is -3.97. The van der Waals surface area contributed by atoms with E-state index in [1.165, 1.54) is 12.8 Å². The zero-order valence-corrected chi connectivity index (χ0v) is 19.5. The minimum Gasteiger partial charge on any atom is -0.439 e. The average molecular weight is 465 g/mol. The molecule has 0 unspecified atom stereocenters. The molecule has 0 amide bonds. The third kappa shape index (κ3) is 4.42. The molecule has 176 valence electrons. The first-order chi connectivity index (χ1) is 17.3. The van der Waals surface area contributed by atoms with Crippen molar-refractivity contribution in [3.63, 3.8) is 0 Å². The van der Waals surface area contributed by atoms with Gasteiger partial charge in [0.05, 0.1) is 11.7 Å². The smallest absolute Gasteiger partial charge is 0.219 e. The molecule has 1 fully saturated rings. The number of ether oxygens (including phenoxy) is 1. The maximum Gasteiger partial charge on any atom is 0.219 e. The average Bonchev–Trinajstić information content (AvgIpc) is 3.34. The first kappa shape index (κ1) is 21.6. The fraction of sp³-hybridized carbons (Fsp3) is 0.250. The van der Waals surface area contributed by atoms with Crippen LogP contribution < -0.4 is 15.8 Å². The molecule has 7 nitrogen and oxygen atoms in total. The summed E-state index contributed by atoms with van der Waals surface area (Å²) in [5.41, 5.74) is 8.61. The van der Waals surface area contributed by atoms with E-state index in [1.54, 1.807) is 0 Å². The van der Waals surface area contributed by atoms with E-state index in [0.717, 1.165) is 58.9 Å². The van der Waals surface area contributed by atoms with E-state index >= 15 is 0 Å². The van der Waals surface area contributed by atoms with Crippen LogP contribution in [-0.2, 0) is 0 Å². The molecule has 1 aliphatic carbocycles. The predicted molar refractivity (Wildman–Crippen MR) is 138 cm³/mol. The van der Waals surface area contributed by atoms with Gasteiger partial charge < -0.3 is 15.8 Å². The van der Waals surface area contributed by atoms with Crippen LogP contribution in [0.1, 0.15) is 37.4 Å². The van der Waals surface area contributed by atoms with E-state index in [-0.39, 0.29) is 0 Å². The molecule has 3 aromatic heterocycles. The fourth-order valence-corrected chi connectivity index (χ4v) is 4.98. The van der Waals surface area contributed by atoms with Gasteiger partial charge in [0.15, 0.2) is 5.82 Å². The summed E-state index contributed by atoms with van der Waals surface area (Å²) in [6, 6.07) is 19.7. The van der Waals surface area contributed by atoms with Crippen molar-refractivity contribution in [2.45, 2.75) is 31.6 Å². The molecule has 0 saturated heterocycles. The third-order valence-electron chi connectivity index (χ3n) is 6.93. The largest absolute Gasteiger partial charge is 0.439 e. The van der Waals surface area contributed by atoms with Crippen LogP contribution in [0.25, 0.3) is 16.4 Å². The van der Waals surface area contributed by atoms with Crippen LogP contribution in [0.5, 0.6) is 11.6 Å². The number of fused-ring (bicyclic) bond motifs is 2. The monoisotopic (exact) mass is 464 g/mol. The van der Waals surface area contributed by atoms with Gasteiger partial charge in [0.1, 0.15) is 17.1 Å². The second kappa shape index (κ2) is 9.35. The predicted octanol–water partition coefficient (Wildman–Crippen LogP) is 6.05. The van der Waals surface area contributed by atoms with Gasteiger partial charge in [-0.1, -0.05) is 24.3 Å². The molecule has 0 atom stereocenters. The van der Waals surface area contributed by atoms with E-state index < -0.39 is 0 Å². The Bertz CT molecular complexity index is 1460. The number of anilines is 2. The number of para-hydroxylation sites is 1. The number of rotatable bonds is 6. The summed E-state index contributed by atoms with van der Waals surface area (Å²) in [5, 5.41) is 4.51. The van der Waals surface area contributed by atoms with Crippen molar-refractivity contribution in [2.24, 2.45) is 11.7 Å². The minimum absolute atomic E-state index is 0.462. The Morgan fingerprint density at radius 1 is 0.971 bits per heavy atom. The molecule has 0 aliphatic heterocycles. The zero-order valence-electron chi connectivity index (χ0n) is 19.5. The Kier molecular flexibility index (Phi) is 5.76.